The van der Waals surface area contributed by atoms with E-state index in [9.17, 15) is 13.2 Å². The van der Waals surface area contributed by atoms with Gasteiger partial charge in [-0.3, -0.25) is 9.10 Å². The van der Waals surface area contributed by atoms with E-state index >= 15 is 0 Å². The molecule has 8 heteroatoms. The summed E-state index contributed by atoms with van der Waals surface area (Å²) in [6.07, 6.45) is 6.27. The Labute approximate surface area is 174 Å². The molecule has 1 amide bonds. The van der Waals surface area contributed by atoms with Crippen LogP contribution in [0, 0.1) is 5.92 Å². The van der Waals surface area contributed by atoms with Gasteiger partial charge in [0.25, 0.3) is 0 Å². The molecule has 1 aromatic rings. The number of sulfonamides is 1. The molecule has 0 saturated heterocycles. The highest BCUT2D eigenvalue weighted by molar-refractivity contribution is 7.92. The molecule has 1 atom stereocenters. The highest BCUT2D eigenvalue weighted by Gasteiger charge is 2.21. The molecule has 1 rings (SSSR count). The lowest BCUT2D eigenvalue weighted by atomic mass is 9.99. The van der Waals surface area contributed by atoms with Crippen LogP contribution in [0.25, 0.3) is 0 Å². The van der Waals surface area contributed by atoms with Crippen LogP contribution in [0.2, 0.25) is 5.02 Å². The largest absolute Gasteiger partial charge is 0.495 e. The van der Waals surface area contributed by atoms with Crippen LogP contribution in [-0.2, 0) is 14.8 Å². The van der Waals surface area contributed by atoms with E-state index in [2.05, 4.69) is 19.2 Å². The van der Waals surface area contributed by atoms with Crippen LogP contribution in [-0.4, -0.2) is 40.8 Å². The Balaban J connectivity index is 2.66. The van der Waals surface area contributed by atoms with Crippen LogP contribution in [0.5, 0.6) is 5.75 Å². The van der Waals surface area contributed by atoms with Crippen LogP contribution < -0.4 is 14.4 Å². The number of hydrogen-bond acceptors (Lipinski definition) is 4. The number of carbonyl (C=O) groups excluding carboxylic acids is 1. The quantitative estimate of drug-likeness (QED) is 0.506. The molecule has 0 bridgehead atoms. The van der Waals surface area contributed by atoms with Crippen molar-refractivity contribution in [1.82, 2.24) is 5.32 Å². The van der Waals surface area contributed by atoms with Crippen molar-refractivity contribution in [3.63, 3.8) is 0 Å². The van der Waals surface area contributed by atoms with E-state index in [0.717, 1.165) is 25.5 Å². The lowest BCUT2D eigenvalue weighted by molar-refractivity contribution is -0.121. The summed E-state index contributed by atoms with van der Waals surface area (Å²) >= 11 is 6.03. The van der Waals surface area contributed by atoms with Gasteiger partial charge in [-0.05, 0) is 37.0 Å². The number of benzene rings is 1. The molecule has 160 valence electrons. The third kappa shape index (κ3) is 8.27. The van der Waals surface area contributed by atoms with Crippen molar-refractivity contribution in [2.75, 3.05) is 30.8 Å². The minimum absolute atomic E-state index is 0.0542. The number of unbranched alkanes of at least 4 members (excludes halogenated alkanes) is 1. The molecule has 0 aliphatic rings. The maximum Gasteiger partial charge on any atom is 0.232 e. The molecule has 0 saturated carbocycles. The second-order valence-corrected chi connectivity index (χ2v) is 9.32. The molecule has 0 unspecified atom stereocenters. The predicted octanol–water partition coefficient (Wildman–Crippen LogP) is 4.23. The van der Waals surface area contributed by atoms with Gasteiger partial charge in [-0.1, -0.05) is 44.7 Å². The number of nitrogens with zero attached hydrogens (tertiary/aromatic N) is 1. The Kier molecular flexibility index (Phi) is 10.7. The van der Waals surface area contributed by atoms with Crippen molar-refractivity contribution in [3.8, 4) is 5.75 Å². The Morgan fingerprint density at radius 1 is 1.29 bits per heavy atom. The van der Waals surface area contributed by atoms with Gasteiger partial charge in [0.1, 0.15) is 5.75 Å². The van der Waals surface area contributed by atoms with E-state index in [1.165, 1.54) is 17.8 Å². The summed E-state index contributed by atoms with van der Waals surface area (Å²) in [6.45, 7) is 5.14. The van der Waals surface area contributed by atoms with Crippen molar-refractivity contribution in [2.24, 2.45) is 5.92 Å². The Bertz CT molecular complexity index is 725. The monoisotopic (exact) mass is 432 g/mol. The molecule has 0 spiro atoms. The van der Waals surface area contributed by atoms with Gasteiger partial charge in [0.2, 0.25) is 15.9 Å². The molecular formula is C20H33ClN2O4S. The topological polar surface area (TPSA) is 75.7 Å². The molecule has 0 aliphatic carbocycles. The maximum absolute atomic E-state index is 12.3. The molecule has 0 fully saturated rings. The molecule has 0 radical (unpaired) electrons. The first-order valence-electron chi connectivity index (χ1n) is 9.80. The van der Waals surface area contributed by atoms with E-state index in [-0.39, 0.29) is 18.9 Å². The van der Waals surface area contributed by atoms with Crippen molar-refractivity contribution in [2.45, 2.75) is 52.4 Å². The van der Waals surface area contributed by atoms with E-state index in [1.54, 1.807) is 18.2 Å². The molecule has 1 N–H and O–H groups in total. The maximum atomic E-state index is 12.3. The Morgan fingerprint density at radius 3 is 2.57 bits per heavy atom. The van der Waals surface area contributed by atoms with Gasteiger partial charge in [-0.25, -0.2) is 8.42 Å². The summed E-state index contributed by atoms with van der Waals surface area (Å²) in [6, 6.07) is 4.82. The van der Waals surface area contributed by atoms with E-state index in [1.807, 2.05) is 0 Å². The number of ether oxygens (including phenoxy) is 1. The van der Waals surface area contributed by atoms with Crippen LogP contribution in [0.3, 0.4) is 0 Å². The summed E-state index contributed by atoms with van der Waals surface area (Å²) in [4.78, 5) is 12.2. The molecule has 1 aromatic carbocycles. The third-order valence-corrected chi connectivity index (χ3v) is 6.12. The SMILES string of the molecule is CCCC[C@H](CC)CNC(=O)CCCN(c1cc(Cl)ccc1OC)S(C)(=O)=O. The first-order chi connectivity index (χ1) is 13.2. The number of anilines is 1. The van der Waals surface area contributed by atoms with Crippen LogP contribution in [0.4, 0.5) is 5.69 Å². The Morgan fingerprint density at radius 2 is 2.00 bits per heavy atom. The number of methoxy groups -OCH3 is 1. The van der Waals surface area contributed by atoms with Crippen LogP contribution >= 0.6 is 11.6 Å². The molecule has 0 aliphatic heterocycles. The number of amides is 1. The third-order valence-electron chi connectivity index (χ3n) is 4.71. The highest BCUT2D eigenvalue weighted by Crippen LogP contribution is 2.32. The predicted molar refractivity (Wildman–Crippen MR) is 116 cm³/mol. The number of halogens is 1. The zero-order chi connectivity index (χ0) is 21.2. The standard InChI is InChI=1S/C20H33ClN2O4S/c1-5-7-9-16(6-2)15-22-20(24)10-8-13-23(28(4,25)26)18-14-17(21)11-12-19(18)27-3/h11-12,14,16H,5-10,13,15H2,1-4H3,(H,22,24)/t16-/m0/s1. The summed E-state index contributed by atoms with van der Waals surface area (Å²) in [5, 5.41) is 3.39. The van der Waals surface area contributed by atoms with E-state index < -0.39 is 10.0 Å². The summed E-state index contributed by atoms with van der Waals surface area (Å²) in [5.41, 5.74) is 0.378. The lowest BCUT2D eigenvalue weighted by Gasteiger charge is -2.24. The van der Waals surface area contributed by atoms with E-state index in [4.69, 9.17) is 16.3 Å². The van der Waals surface area contributed by atoms with Gasteiger partial charge >= 0.3 is 0 Å². The molecule has 6 nitrogen and oxygen atoms in total. The van der Waals surface area contributed by atoms with Crippen LogP contribution in [0.1, 0.15) is 52.4 Å². The van der Waals surface area contributed by atoms with E-state index in [0.29, 0.717) is 35.3 Å². The number of carbonyl (C=O) groups is 1. The van der Waals surface area contributed by atoms with Gasteiger partial charge in [0.15, 0.2) is 0 Å². The smallest absolute Gasteiger partial charge is 0.232 e. The lowest BCUT2D eigenvalue weighted by Crippen LogP contribution is -2.33. The number of rotatable bonds is 13. The van der Waals surface area contributed by atoms with Crippen molar-refractivity contribution < 1.29 is 17.9 Å². The second-order valence-electron chi connectivity index (χ2n) is 6.98. The minimum Gasteiger partial charge on any atom is -0.495 e. The fourth-order valence-corrected chi connectivity index (χ4v) is 4.12. The Hall–Kier alpha value is -1.47. The summed E-state index contributed by atoms with van der Waals surface area (Å²) in [7, 11) is -2.07. The van der Waals surface area contributed by atoms with Gasteiger partial charge < -0.3 is 10.1 Å². The fraction of sp³-hybridized carbons (Fsp3) is 0.650. The number of nitrogens with one attached hydrogen (secondary N) is 1. The van der Waals surface area contributed by atoms with Gasteiger partial charge in [-0.2, -0.15) is 0 Å². The van der Waals surface area contributed by atoms with Gasteiger partial charge in [0, 0.05) is 24.5 Å². The molecule has 0 heterocycles. The van der Waals surface area contributed by atoms with Gasteiger partial charge in [-0.15, -0.1) is 0 Å². The molecule has 0 aromatic heterocycles. The first-order valence-corrected chi connectivity index (χ1v) is 12.0. The van der Waals surface area contributed by atoms with Gasteiger partial charge in [0.05, 0.1) is 19.1 Å². The normalized spacial score (nSPS) is 12.5. The second kappa shape index (κ2) is 12.2. The van der Waals surface area contributed by atoms with Crippen LogP contribution in [0.15, 0.2) is 18.2 Å². The highest BCUT2D eigenvalue weighted by atomic mass is 35.5. The molecular weight excluding hydrogens is 400 g/mol. The average Bonchev–Trinajstić information content (AvgIpc) is 2.64. The van der Waals surface area contributed by atoms with Crippen molar-refractivity contribution in [3.05, 3.63) is 23.2 Å². The summed E-state index contributed by atoms with van der Waals surface area (Å²) < 4.78 is 31.0. The molecule has 28 heavy (non-hydrogen) atoms. The number of hydrogen-bond donors (Lipinski definition) is 1. The fourth-order valence-electron chi connectivity index (χ4n) is 3.00. The zero-order valence-electron chi connectivity index (χ0n) is 17.3. The average molecular weight is 433 g/mol. The zero-order valence-corrected chi connectivity index (χ0v) is 18.9. The first kappa shape index (κ1) is 24.6. The minimum atomic E-state index is -3.54. The van der Waals surface area contributed by atoms with Crippen molar-refractivity contribution in [1.29, 1.82) is 0 Å². The summed E-state index contributed by atoms with van der Waals surface area (Å²) in [5.74, 6) is 0.856. The van der Waals surface area contributed by atoms with Crippen molar-refractivity contribution >= 4 is 33.2 Å².